The van der Waals surface area contributed by atoms with Gasteiger partial charge in [-0.1, -0.05) is 12.1 Å². The molecule has 8 nitrogen and oxygen atoms in total. The number of para-hydroxylation sites is 2. The lowest BCUT2D eigenvalue weighted by atomic mass is 10.2. The van der Waals surface area contributed by atoms with Crippen LogP contribution in [0.25, 0.3) is 0 Å². The van der Waals surface area contributed by atoms with Crippen LogP contribution in [0.2, 0.25) is 0 Å². The van der Waals surface area contributed by atoms with E-state index in [9.17, 15) is 9.59 Å². The number of nitrogens with one attached hydrogen (secondary N) is 2. The Morgan fingerprint density at radius 2 is 1.90 bits per heavy atom. The van der Waals surface area contributed by atoms with Crippen LogP contribution >= 0.6 is 0 Å². The smallest absolute Gasteiger partial charge is 0.411 e. The Morgan fingerprint density at radius 1 is 1.17 bits per heavy atom. The van der Waals surface area contributed by atoms with E-state index in [1.54, 1.807) is 51.4 Å². The number of anilines is 3. The molecule has 0 atom stereocenters. The Kier molecular flexibility index (Phi) is 6.13. The summed E-state index contributed by atoms with van der Waals surface area (Å²) in [5, 5.41) is 11.4. The molecular formula is C21H22N4O4. The third kappa shape index (κ3) is 4.55. The van der Waals surface area contributed by atoms with Gasteiger partial charge in [0.1, 0.15) is 5.75 Å². The first-order chi connectivity index (χ1) is 14.0. The molecule has 2 aromatic rings. The van der Waals surface area contributed by atoms with Crippen molar-refractivity contribution in [2.75, 3.05) is 29.4 Å². The standard InChI is InChI=1S/C21H22N4O4/c1-4-29-21(27)23-15-9-11-16(12-10-15)25-20(26)17(14(2)24-25)13-22-18-7-5-6-8-19(18)28-3/h5-13,22H,4H2,1-3H3,(H,23,27). The lowest BCUT2D eigenvalue weighted by Gasteiger charge is -2.13. The molecule has 0 saturated carbocycles. The molecular weight excluding hydrogens is 372 g/mol. The molecule has 1 aliphatic rings. The van der Waals surface area contributed by atoms with E-state index in [0.29, 0.717) is 28.4 Å². The van der Waals surface area contributed by atoms with E-state index in [2.05, 4.69) is 15.7 Å². The number of ether oxygens (including phenoxy) is 2. The molecule has 150 valence electrons. The van der Waals surface area contributed by atoms with E-state index in [0.717, 1.165) is 5.69 Å². The average molecular weight is 394 g/mol. The van der Waals surface area contributed by atoms with Gasteiger partial charge in [-0.25, -0.2) is 4.79 Å². The third-order valence-corrected chi connectivity index (χ3v) is 4.18. The lowest BCUT2D eigenvalue weighted by Crippen LogP contribution is -2.22. The van der Waals surface area contributed by atoms with E-state index < -0.39 is 6.09 Å². The number of hydrazone groups is 1. The highest BCUT2D eigenvalue weighted by atomic mass is 16.5. The van der Waals surface area contributed by atoms with E-state index in [-0.39, 0.29) is 12.5 Å². The van der Waals surface area contributed by atoms with Crippen molar-refractivity contribution in [1.82, 2.24) is 0 Å². The highest BCUT2D eigenvalue weighted by Gasteiger charge is 2.28. The molecule has 8 heteroatoms. The van der Waals surface area contributed by atoms with Crippen LogP contribution in [-0.2, 0) is 9.53 Å². The first-order valence-electron chi connectivity index (χ1n) is 9.07. The van der Waals surface area contributed by atoms with Crippen molar-refractivity contribution in [3.63, 3.8) is 0 Å². The fraction of sp³-hybridized carbons (Fsp3) is 0.190. The van der Waals surface area contributed by atoms with Gasteiger partial charge in [-0.3, -0.25) is 10.1 Å². The molecule has 0 bridgehead atoms. The summed E-state index contributed by atoms with van der Waals surface area (Å²) in [5.41, 5.74) is 2.93. The molecule has 1 heterocycles. The predicted molar refractivity (Wildman–Crippen MR) is 112 cm³/mol. The fourth-order valence-electron chi connectivity index (χ4n) is 2.74. The van der Waals surface area contributed by atoms with E-state index >= 15 is 0 Å². The number of benzene rings is 2. The Balaban J connectivity index is 1.73. The van der Waals surface area contributed by atoms with Crippen molar-refractivity contribution in [3.05, 3.63) is 60.3 Å². The molecule has 0 aromatic heterocycles. The predicted octanol–water partition coefficient (Wildman–Crippen LogP) is 3.98. The van der Waals surface area contributed by atoms with Gasteiger partial charge in [-0.2, -0.15) is 10.1 Å². The van der Waals surface area contributed by atoms with E-state index in [1.807, 2.05) is 24.3 Å². The van der Waals surface area contributed by atoms with Gasteiger partial charge >= 0.3 is 6.09 Å². The van der Waals surface area contributed by atoms with E-state index in [4.69, 9.17) is 9.47 Å². The molecule has 0 radical (unpaired) electrons. The molecule has 0 unspecified atom stereocenters. The SMILES string of the molecule is CCOC(=O)Nc1ccc(N2N=C(C)C(=CNc3ccccc3OC)C2=O)cc1. The number of carbonyl (C=O) groups is 2. The van der Waals surface area contributed by atoms with Gasteiger partial charge < -0.3 is 14.8 Å². The number of methoxy groups -OCH3 is 1. The maximum absolute atomic E-state index is 12.8. The number of amides is 2. The molecule has 3 rings (SSSR count). The van der Waals surface area contributed by atoms with Crippen LogP contribution in [0.1, 0.15) is 13.8 Å². The largest absolute Gasteiger partial charge is 0.495 e. The van der Waals surface area contributed by atoms with Gasteiger partial charge in [-0.15, -0.1) is 0 Å². The van der Waals surface area contributed by atoms with Crippen molar-refractivity contribution < 1.29 is 19.1 Å². The normalized spacial score (nSPS) is 14.6. The van der Waals surface area contributed by atoms with Crippen LogP contribution in [0, 0.1) is 0 Å². The Hall–Kier alpha value is -3.81. The van der Waals surface area contributed by atoms with Gasteiger partial charge in [0, 0.05) is 11.9 Å². The van der Waals surface area contributed by atoms with Crippen molar-refractivity contribution in [1.29, 1.82) is 0 Å². The van der Waals surface area contributed by atoms with Gasteiger partial charge in [0.15, 0.2) is 0 Å². The summed E-state index contributed by atoms with van der Waals surface area (Å²) >= 11 is 0. The van der Waals surface area contributed by atoms with Gasteiger partial charge in [0.25, 0.3) is 5.91 Å². The van der Waals surface area contributed by atoms with Crippen molar-refractivity contribution in [2.45, 2.75) is 13.8 Å². The second-order valence-corrected chi connectivity index (χ2v) is 6.10. The zero-order valence-electron chi connectivity index (χ0n) is 16.4. The first kappa shape index (κ1) is 19.9. The van der Waals surface area contributed by atoms with Gasteiger partial charge in [0.05, 0.1) is 36.4 Å². The summed E-state index contributed by atoms with van der Waals surface area (Å²) in [5.74, 6) is 0.418. The van der Waals surface area contributed by atoms with Crippen molar-refractivity contribution >= 4 is 34.8 Å². The molecule has 29 heavy (non-hydrogen) atoms. The Morgan fingerprint density at radius 3 is 2.59 bits per heavy atom. The van der Waals surface area contributed by atoms with Gasteiger partial charge in [-0.05, 0) is 50.2 Å². The maximum atomic E-state index is 12.8. The monoisotopic (exact) mass is 394 g/mol. The highest BCUT2D eigenvalue weighted by molar-refractivity contribution is 6.29. The Labute approximate surface area is 168 Å². The summed E-state index contributed by atoms with van der Waals surface area (Å²) in [4.78, 5) is 24.3. The molecule has 0 aliphatic carbocycles. The highest BCUT2D eigenvalue weighted by Crippen LogP contribution is 2.27. The summed E-state index contributed by atoms with van der Waals surface area (Å²) in [6, 6.07) is 14.2. The summed E-state index contributed by atoms with van der Waals surface area (Å²) < 4.78 is 10.1. The topological polar surface area (TPSA) is 92.3 Å². The minimum Gasteiger partial charge on any atom is -0.495 e. The molecule has 2 amide bonds. The maximum Gasteiger partial charge on any atom is 0.411 e. The molecule has 0 spiro atoms. The molecule has 0 saturated heterocycles. The second-order valence-electron chi connectivity index (χ2n) is 6.10. The second kappa shape index (κ2) is 8.92. The molecule has 2 N–H and O–H groups in total. The quantitative estimate of drug-likeness (QED) is 0.723. The molecule has 0 fully saturated rings. The van der Waals surface area contributed by atoms with Crippen LogP contribution in [0.15, 0.2) is 65.4 Å². The molecule has 2 aromatic carbocycles. The van der Waals surface area contributed by atoms with E-state index in [1.165, 1.54) is 5.01 Å². The zero-order valence-corrected chi connectivity index (χ0v) is 16.4. The van der Waals surface area contributed by atoms with Crippen LogP contribution in [0.5, 0.6) is 5.75 Å². The van der Waals surface area contributed by atoms with Crippen LogP contribution in [0.3, 0.4) is 0 Å². The lowest BCUT2D eigenvalue weighted by molar-refractivity contribution is -0.114. The van der Waals surface area contributed by atoms with Crippen LogP contribution in [0.4, 0.5) is 21.9 Å². The minimum absolute atomic E-state index is 0.254. The summed E-state index contributed by atoms with van der Waals surface area (Å²) in [6.07, 6.45) is 1.09. The number of rotatable bonds is 6. The van der Waals surface area contributed by atoms with Crippen molar-refractivity contribution in [2.24, 2.45) is 5.10 Å². The summed E-state index contributed by atoms with van der Waals surface area (Å²) in [7, 11) is 1.59. The third-order valence-electron chi connectivity index (χ3n) is 4.18. The zero-order chi connectivity index (χ0) is 20.8. The minimum atomic E-state index is -0.529. The number of hydrogen-bond donors (Lipinski definition) is 2. The number of hydrogen-bond acceptors (Lipinski definition) is 6. The van der Waals surface area contributed by atoms with Gasteiger partial charge in [0.2, 0.25) is 0 Å². The molecule has 1 aliphatic heterocycles. The number of nitrogens with zero attached hydrogens (tertiary/aromatic N) is 2. The Bertz CT molecular complexity index is 967. The fourth-order valence-corrected chi connectivity index (χ4v) is 2.74. The van der Waals surface area contributed by atoms with Crippen molar-refractivity contribution in [3.8, 4) is 5.75 Å². The van der Waals surface area contributed by atoms with Crippen LogP contribution < -0.4 is 20.4 Å². The number of carbonyl (C=O) groups excluding carboxylic acids is 2. The summed E-state index contributed by atoms with van der Waals surface area (Å²) in [6.45, 7) is 3.79. The average Bonchev–Trinajstić information content (AvgIpc) is 3.01. The first-order valence-corrected chi connectivity index (χ1v) is 9.07. The van der Waals surface area contributed by atoms with Crippen LogP contribution in [-0.4, -0.2) is 31.4 Å².